The molecule has 1 fully saturated rings. The normalized spacial score (nSPS) is 18.0. The third-order valence-electron chi connectivity index (χ3n) is 6.49. The summed E-state index contributed by atoms with van der Waals surface area (Å²) in [6.07, 6.45) is 6.33. The van der Waals surface area contributed by atoms with Crippen LogP contribution in [-0.4, -0.2) is 41.3 Å². The lowest BCUT2D eigenvalue weighted by molar-refractivity contribution is -0.160. The highest BCUT2D eigenvalue weighted by atomic mass is 16.5. The van der Waals surface area contributed by atoms with Gasteiger partial charge in [-0.2, -0.15) is 5.26 Å². The second-order valence-electron chi connectivity index (χ2n) is 8.49. The van der Waals surface area contributed by atoms with Crippen LogP contribution >= 0.6 is 0 Å². The molecule has 6 nitrogen and oxygen atoms in total. The zero-order valence-electron chi connectivity index (χ0n) is 17.9. The van der Waals surface area contributed by atoms with Gasteiger partial charge in [-0.05, 0) is 56.2 Å². The molecule has 0 unspecified atom stereocenters. The lowest BCUT2D eigenvalue weighted by Gasteiger charge is -2.39. The Hall–Kier alpha value is -2.68. The molecule has 1 aromatic rings. The Morgan fingerprint density at radius 3 is 2.50 bits per heavy atom. The van der Waals surface area contributed by atoms with Gasteiger partial charge in [-0.3, -0.25) is 14.4 Å². The van der Waals surface area contributed by atoms with Crippen molar-refractivity contribution in [2.24, 2.45) is 0 Å². The summed E-state index contributed by atoms with van der Waals surface area (Å²) in [5.41, 5.74) is 2.33. The first-order chi connectivity index (χ1) is 14.4. The van der Waals surface area contributed by atoms with E-state index in [0.29, 0.717) is 18.4 Å². The number of benzene rings is 1. The predicted octanol–water partition coefficient (Wildman–Crippen LogP) is 3.75. The number of aryl methyl sites for hydroxylation is 2. The molecule has 1 atom stereocenters. The largest absolute Gasteiger partial charge is 0.453 e. The zero-order valence-corrected chi connectivity index (χ0v) is 17.9. The highest BCUT2D eigenvalue weighted by molar-refractivity contribution is 5.98. The van der Waals surface area contributed by atoms with Crippen LogP contribution in [0.5, 0.6) is 0 Å². The number of hydrogen-bond acceptors (Lipinski definition) is 5. The fourth-order valence-corrected chi connectivity index (χ4v) is 4.55. The van der Waals surface area contributed by atoms with Crippen molar-refractivity contribution in [2.75, 3.05) is 7.05 Å². The monoisotopic (exact) mass is 410 g/mol. The van der Waals surface area contributed by atoms with E-state index in [1.807, 2.05) is 18.2 Å². The van der Waals surface area contributed by atoms with E-state index in [4.69, 9.17) is 4.74 Å². The van der Waals surface area contributed by atoms with Crippen LogP contribution in [0.15, 0.2) is 18.2 Å². The summed E-state index contributed by atoms with van der Waals surface area (Å²) in [4.78, 5) is 38.8. The summed E-state index contributed by atoms with van der Waals surface area (Å²) in [5.74, 6) is -1.05. The number of fused-ring (bicyclic) bond motifs is 1. The number of nitrogens with zero attached hydrogens (tertiary/aromatic N) is 2. The Morgan fingerprint density at radius 1 is 1.10 bits per heavy atom. The van der Waals surface area contributed by atoms with Gasteiger partial charge in [0.1, 0.15) is 5.54 Å². The molecule has 0 heterocycles. The Balaban J connectivity index is 1.51. The molecule has 0 saturated heterocycles. The maximum atomic E-state index is 12.7. The van der Waals surface area contributed by atoms with E-state index < -0.39 is 17.6 Å². The fourth-order valence-electron chi connectivity index (χ4n) is 4.55. The Labute approximate surface area is 178 Å². The minimum atomic E-state index is -0.982. The Bertz CT molecular complexity index is 864. The van der Waals surface area contributed by atoms with Crippen LogP contribution in [0, 0.1) is 11.3 Å². The lowest BCUT2D eigenvalue weighted by atomic mass is 9.81. The van der Waals surface area contributed by atoms with Gasteiger partial charge in [0.2, 0.25) is 0 Å². The number of likely N-dealkylation sites (N-methyl/N-ethyl adjacent to an activating group) is 1. The first kappa shape index (κ1) is 22.0. The van der Waals surface area contributed by atoms with Crippen molar-refractivity contribution in [1.82, 2.24) is 4.90 Å². The molecule has 0 bridgehead atoms. The number of rotatable bonds is 7. The summed E-state index contributed by atoms with van der Waals surface area (Å²) in [6, 6.07) is 8.06. The summed E-state index contributed by atoms with van der Waals surface area (Å²) in [6.45, 7) is 1.52. The second kappa shape index (κ2) is 9.42. The topological polar surface area (TPSA) is 87.5 Å². The van der Waals surface area contributed by atoms with Crippen LogP contribution < -0.4 is 0 Å². The second-order valence-corrected chi connectivity index (χ2v) is 8.49. The van der Waals surface area contributed by atoms with Gasteiger partial charge in [-0.15, -0.1) is 0 Å². The first-order valence-corrected chi connectivity index (χ1v) is 10.9. The smallest absolute Gasteiger partial charge is 0.307 e. The molecule has 0 aliphatic heterocycles. The van der Waals surface area contributed by atoms with Crippen molar-refractivity contribution in [3.63, 3.8) is 0 Å². The fraction of sp³-hybridized carbons (Fsp3) is 0.583. The summed E-state index contributed by atoms with van der Waals surface area (Å²) in [5, 5.41) is 9.65. The van der Waals surface area contributed by atoms with E-state index in [1.165, 1.54) is 23.0 Å². The maximum absolute atomic E-state index is 12.7. The Morgan fingerprint density at radius 2 is 1.80 bits per heavy atom. The third kappa shape index (κ3) is 4.72. The molecule has 0 N–H and O–H groups in total. The summed E-state index contributed by atoms with van der Waals surface area (Å²) in [7, 11) is 1.61. The maximum Gasteiger partial charge on any atom is 0.307 e. The van der Waals surface area contributed by atoms with Crippen LogP contribution in [0.2, 0.25) is 0 Å². The Kier molecular flexibility index (Phi) is 6.91. The standard InChI is InChI=1S/C24H30N2O4/c1-17(23(29)26(2)24(16-25)13-4-3-5-14-24)30-22(28)12-11-21(27)20-10-9-18-7-6-8-19(18)15-20/h9-10,15,17H,3-8,11-14H2,1-2H3/t17-/m1/s1. The van der Waals surface area contributed by atoms with Crippen molar-refractivity contribution < 1.29 is 19.1 Å². The van der Waals surface area contributed by atoms with Gasteiger partial charge >= 0.3 is 5.97 Å². The van der Waals surface area contributed by atoms with Crippen molar-refractivity contribution in [3.8, 4) is 6.07 Å². The summed E-state index contributed by atoms with van der Waals surface area (Å²) < 4.78 is 5.28. The van der Waals surface area contributed by atoms with Gasteiger partial charge in [0, 0.05) is 19.0 Å². The number of esters is 1. The molecule has 0 radical (unpaired) electrons. The zero-order chi connectivity index (χ0) is 21.7. The number of hydrogen-bond donors (Lipinski definition) is 0. The minimum absolute atomic E-state index is 0.0521. The van der Waals surface area contributed by atoms with E-state index in [0.717, 1.165) is 38.5 Å². The first-order valence-electron chi connectivity index (χ1n) is 10.9. The van der Waals surface area contributed by atoms with E-state index in [1.54, 1.807) is 7.05 Å². The lowest BCUT2D eigenvalue weighted by Crippen LogP contribution is -2.53. The van der Waals surface area contributed by atoms with E-state index in [9.17, 15) is 19.6 Å². The number of amides is 1. The van der Waals surface area contributed by atoms with Crippen LogP contribution in [0.4, 0.5) is 0 Å². The number of Topliss-reactive ketones (excluding diaryl/α,β-unsaturated/α-hetero) is 1. The molecule has 1 amide bonds. The van der Waals surface area contributed by atoms with Crippen molar-refractivity contribution in [1.29, 1.82) is 5.26 Å². The average Bonchev–Trinajstić information content (AvgIpc) is 3.24. The molecule has 6 heteroatoms. The van der Waals surface area contributed by atoms with Gasteiger partial charge in [0.05, 0.1) is 12.5 Å². The van der Waals surface area contributed by atoms with Gasteiger partial charge in [0.25, 0.3) is 5.91 Å². The van der Waals surface area contributed by atoms with Gasteiger partial charge in [-0.25, -0.2) is 0 Å². The quantitative estimate of drug-likeness (QED) is 0.505. The molecule has 1 saturated carbocycles. The minimum Gasteiger partial charge on any atom is -0.453 e. The number of carbonyl (C=O) groups is 3. The molecule has 1 aromatic carbocycles. The van der Waals surface area contributed by atoms with Crippen LogP contribution in [0.25, 0.3) is 0 Å². The van der Waals surface area contributed by atoms with Crippen LogP contribution in [-0.2, 0) is 27.2 Å². The van der Waals surface area contributed by atoms with E-state index in [2.05, 4.69) is 6.07 Å². The van der Waals surface area contributed by atoms with Gasteiger partial charge in [-0.1, -0.05) is 31.4 Å². The molecular weight excluding hydrogens is 380 g/mol. The van der Waals surface area contributed by atoms with E-state index in [-0.39, 0.29) is 24.5 Å². The molecule has 0 aromatic heterocycles. The number of carbonyl (C=O) groups excluding carboxylic acids is 3. The SMILES string of the molecule is C[C@@H](OC(=O)CCC(=O)c1ccc2c(c1)CCC2)C(=O)N(C)C1(C#N)CCCCC1. The van der Waals surface area contributed by atoms with Crippen molar-refractivity contribution in [3.05, 3.63) is 34.9 Å². The molecule has 3 rings (SSSR count). The molecule has 0 spiro atoms. The highest BCUT2D eigenvalue weighted by Gasteiger charge is 2.40. The molecule has 2 aliphatic rings. The summed E-state index contributed by atoms with van der Waals surface area (Å²) >= 11 is 0. The number of ether oxygens (including phenoxy) is 1. The van der Waals surface area contributed by atoms with Gasteiger partial charge < -0.3 is 9.64 Å². The molecule has 2 aliphatic carbocycles. The molecule has 30 heavy (non-hydrogen) atoms. The number of ketones is 1. The van der Waals surface area contributed by atoms with Crippen LogP contribution in [0.1, 0.15) is 79.8 Å². The number of nitriles is 1. The third-order valence-corrected chi connectivity index (χ3v) is 6.49. The van der Waals surface area contributed by atoms with Crippen LogP contribution in [0.3, 0.4) is 0 Å². The van der Waals surface area contributed by atoms with E-state index >= 15 is 0 Å². The molecule has 160 valence electrons. The predicted molar refractivity (Wildman–Crippen MR) is 112 cm³/mol. The van der Waals surface area contributed by atoms with Crippen molar-refractivity contribution >= 4 is 17.7 Å². The van der Waals surface area contributed by atoms with Crippen molar-refractivity contribution in [2.45, 2.75) is 82.8 Å². The molecular formula is C24H30N2O4. The average molecular weight is 411 g/mol. The highest BCUT2D eigenvalue weighted by Crippen LogP contribution is 2.33. The van der Waals surface area contributed by atoms with Gasteiger partial charge in [0.15, 0.2) is 11.9 Å².